The Kier molecular flexibility index (Phi) is 6.38. The van der Waals surface area contributed by atoms with Crippen LogP contribution in [0.3, 0.4) is 0 Å². The Bertz CT molecular complexity index is 867. The highest BCUT2D eigenvalue weighted by Crippen LogP contribution is 2.28. The molecule has 10 heteroatoms. The van der Waals surface area contributed by atoms with Crippen LogP contribution in [0.5, 0.6) is 0 Å². The summed E-state index contributed by atoms with van der Waals surface area (Å²) in [6, 6.07) is 1.77. The fourth-order valence-electron chi connectivity index (χ4n) is 2.55. The van der Waals surface area contributed by atoms with E-state index in [-0.39, 0.29) is 30.4 Å². The second-order valence-electron chi connectivity index (χ2n) is 6.18. The maximum atomic E-state index is 12.5. The number of aromatic nitrogens is 4. The van der Waals surface area contributed by atoms with Gasteiger partial charge in [-0.15, -0.1) is 23.7 Å². The van der Waals surface area contributed by atoms with Gasteiger partial charge >= 0.3 is 0 Å². The zero-order valence-electron chi connectivity index (χ0n) is 15.4. The number of nitrogens with zero attached hydrogens (tertiary/aromatic N) is 4. The van der Waals surface area contributed by atoms with Crippen molar-refractivity contribution in [2.45, 2.75) is 39.3 Å². The molecule has 0 aliphatic rings. The molecule has 2 atom stereocenters. The average Bonchev–Trinajstić information content (AvgIpc) is 3.26. The quantitative estimate of drug-likeness (QED) is 0.661. The summed E-state index contributed by atoms with van der Waals surface area (Å²) < 4.78 is 7.07. The molecule has 8 nitrogen and oxygen atoms in total. The SMILES string of the molecule is CNC(C)Cc1noc(C(C)NC(=O)c2cc3c(C)nn(C)c3s2)n1.Cl. The van der Waals surface area contributed by atoms with Crippen LogP contribution in [-0.4, -0.2) is 38.9 Å². The van der Waals surface area contributed by atoms with Crippen LogP contribution in [0.4, 0.5) is 0 Å². The average molecular weight is 399 g/mol. The summed E-state index contributed by atoms with van der Waals surface area (Å²) in [7, 11) is 3.76. The lowest BCUT2D eigenvalue weighted by atomic mass is 10.2. The van der Waals surface area contributed by atoms with E-state index >= 15 is 0 Å². The smallest absolute Gasteiger partial charge is 0.262 e. The number of carbonyl (C=O) groups excluding carboxylic acids is 1. The Morgan fingerprint density at radius 1 is 1.42 bits per heavy atom. The number of halogens is 1. The van der Waals surface area contributed by atoms with E-state index in [9.17, 15) is 4.79 Å². The molecule has 0 aromatic carbocycles. The molecule has 2 unspecified atom stereocenters. The Morgan fingerprint density at radius 3 is 2.81 bits per heavy atom. The molecule has 3 rings (SSSR count). The fraction of sp³-hybridized carbons (Fsp3) is 0.500. The maximum Gasteiger partial charge on any atom is 0.262 e. The second-order valence-corrected chi connectivity index (χ2v) is 7.21. The number of aryl methyl sites for hydroxylation is 2. The summed E-state index contributed by atoms with van der Waals surface area (Å²) in [5, 5.41) is 15.4. The number of fused-ring (bicyclic) bond motifs is 1. The van der Waals surface area contributed by atoms with Crippen LogP contribution >= 0.6 is 23.7 Å². The molecule has 26 heavy (non-hydrogen) atoms. The monoisotopic (exact) mass is 398 g/mol. The van der Waals surface area contributed by atoms with Crippen molar-refractivity contribution < 1.29 is 9.32 Å². The maximum absolute atomic E-state index is 12.5. The van der Waals surface area contributed by atoms with Gasteiger partial charge in [-0.3, -0.25) is 9.48 Å². The van der Waals surface area contributed by atoms with Gasteiger partial charge < -0.3 is 15.2 Å². The van der Waals surface area contributed by atoms with E-state index in [1.54, 1.807) is 4.68 Å². The van der Waals surface area contributed by atoms with Crippen molar-refractivity contribution in [1.82, 2.24) is 30.6 Å². The molecular formula is C16H23ClN6O2S. The number of likely N-dealkylation sites (N-methyl/N-ethyl adjacent to an activating group) is 1. The van der Waals surface area contributed by atoms with Crippen molar-refractivity contribution in [3.63, 3.8) is 0 Å². The molecule has 3 heterocycles. The molecule has 142 valence electrons. The van der Waals surface area contributed by atoms with Gasteiger partial charge in [0.25, 0.3) is 5.91 Å². The molecule has 0 aliphatic heterocycles. The van der Waals surface area contributed by atoms with Crippen molar-refractivity contribution in [3.05, 3.63) is 28.4 Å². The molecule has 0 saturated heterocycles. The lowest BCUT2D eigenvalue weighted by Gasteiger charge is -2.08. The van der Waals surface area contributed by atoms with Gasteiger partial charge in [0.1, 0.15) is 10.9 Å². The van der Waals surface area contributed by atoms with Gasteiger partial charge in [0.15, 0.2) is 5.82 Å². The van der Waals surface area contributed by atoms with Crippen LogP contribution < -0.4 is 10.6 Å². The van der Waals surface area contributed by atoms with Crippen LogP contribution in [0.2, 0.25) is 0 Å². The second kappa shape index (κ2) is 8.15. The Morgan fingerprint density at radius 2 is 2.15 bits per heavy atom. The van der Waals surface area contributed by atoms with Gasteiger partial charge in [0.05, 0.1) is 10.6 Å². The Balaban J connectivity index is 0.00000243. The van der Waals surface area contributed by atoms with E-state index in [0.717, 1.165) is 15.9 Å². The predicted molar refractivity (Wildman–Crippen MR) is 103 cm³/mol. The number of hydrogen-bond donors (Lipinski definition) is 2. The number of amides is 1. The highest BCUT2D eigenvalue weighted by atomic mass is 35.5. The van der Waals surface area contributed by atoms with Crippen molar-refractivity contribution in [1.29, 1.82) is 0 Å². The molecule has 0 spiro atoms. The van der Waals surface area contributed by atoms with Crippen LogP contribution in [-0.2, 0) is 13.5 Å². The third-order valence-electron chi connectivity index (χ3n) is 4.10. The molecular weight excluding hydrogens is 376 g/mol. The van der Waals surface area contributed by atoms with Gasteiger partial charge in [-0.2, -0.15) is 10.1 Å². The molecule has 0 radical (unpaired) electrons. The topological polar surface area (TPSA) is 97.9 Å². The van der Waals surface area contributed by atoms with E-state index in [4.69, 9.17) is 4.52 Å². The van der Waals surface area contributed by atoms with Crippen LogP contribution in [0.1, 0.15) is 47.0 Å². The summed E-state index contributed by atoms with van der Waals surface area (Å²) in [4.78, 5) is 18.5. The zero-order valence-corrected chi connectivity index (χ0v) is 17.0. The summed E-state index contributed by atoms with van der Waals surface area (Å²) >= 11 is 1.42. The van der Waals surface area contributed by atoms with E-state index < -0.39 is 0 Å². The first-order valence-electron chi connectivity index (χ1n) is 8.12. The van der Waals surface area contributed by atoms with E-state index in [1.165, 1.54) is 11.3 Å². The molecule has 3 aromatic rings. The molecule has 0 aliphatic carbocycles. The standard InChI is InChI=1S/C16H22N6O2S.ClH/c1-8(17-4)6-13-19-15(24-21-13)10(3)18-14(23)12-7-11-9(2)20-22(5)16(11)25-12;/h7-8,10,17H,6H2,1-5H3,(H,18,23);1H. The minimum absolute atomic E-state index is 0. The van der Waals surface area contributed by atoms with Crippen molar-refractivity contribution in [2.75, 3.05) is 7.05 Å². The van der Waals surface area contributed by atoms with Gasteiger partial charge in [-0.25, -0.2) is 0 Å². The summed E-state index contributed by atoms with van der Waals surface area (Å²) in [6.45, 7) is 5.81. The first kappa shape index (κ1) is 20.3. The lowest BCUT2D eigenvalue weighted by Crippen LogP contribution is -2.26. The van der Waals surface area contributed by atoms with Crippen molar-refractivity contribution >= 4 is 39.9 Å². The normalized spacial score (nSPS) is 13.4. The number of hydrogen-bond acceptors (Lipinski definition) is 7. The number of thiophene rings is 1. The number of nitrogens with one attached hydrogen (secondary N) is 2. The lowest BCUT2D eigenvalue weighted by molar-refractivity contribution is 0.0936. The van der Waals surface area contributed by atoms with Crippen molar-refractivity contribution in [3.8, 4) is 0 Å². The first-order chi connectivity index (χ1) is 11.9. The largest absolute Gasteiger partial charge is 0.340 e. The van der Waals surface area contributed by atoms with Crippen LogP contribution in [0, 0.1) is 6.92 Å². The minimum atomic E-state index is -0.358. The Labute approximate surface area is 161 Å². The van der Waals surface area contributed by atoms with Crippen LogP contribution in [0.25, 0.3) is 10.2 Å². The molecule has 0 bridgehead atoms. The molecule has 3 aromatic heterocycles. The van der Waals surface area contributed by atoms with Gasteiger partial charge in [0, 0.05) is 24.9 Å². The highest BCUT2D eigenvalue weighted by Gasteiger charge is 2.20. The summed E-state index contributed by atoms with van der Waals surface area (Å²) in [6.07, 6.45) is 0.670. The van der Waals surface area contributed by atoms with E-state index in [1.807, 2.05) is 40.9 Å². The Hall–Kier alpha value is -1.97. The number of carbonyl (C=O) groups is 1. The van der Waals surface area contributed by atoms with Gasteiger partial charge in [-0.1, -0.05) is 5.16 Å². The summed E-state index contributed by atoms with van der Waals surface area (Å²) in [5.74, 6) is 0.878. The highest BCUT2D eigenvalue weighted by molar-refractivity contribution is 7.20. The molecule has 0 saturated carbocycles. The molecule has 0 fully saturated rings. The van der Waals surface area contributed by atoms with Crippen LogP contribution in [0.15, 0.2) is 10.6 Å². The van der Waals surface area contributed by atoms with Gasteiger partial charge in [-0.05, 0) is 33.9 Å². The van der Waals surface area contributed by atoms with Gasteiger partial charge in [0.2, 0.25) is 5.89 Å². The predicted octanol–water partition coefficient (Wildman–Crippen LogP) is 2.39. The summed E-state index contributed by atoms with van der Waals surface area (Å²) in [5.41, 5.74) is 0.918. The van der Waals surface area contributed by atoms with E-state index in [2.05, 4.69) is 25.9 Å². The van der Waals surface area contributed by atoms with Crippen molar-refractivity contribution in [2.24, 2.45) is 7.05 Å². The number of rotatable bonds is 6. The fourth-order valence-corrected chi connectivity index (χ4v) is 3.58. The van der Waals surface area contributed by atoms with E-state index in [0.29, 0.717) is 23.0 Å². The molecule has 1 amide bonds. The third-order valence-corrected chi connectivity index (χ3v) is 5.30. The third kappa shape index (κ3) is 4.05. The molecule has 2 N–H and O–H groups in total. The first-order valence-corrected chi connectivity index (χ1v) is 8.94. The minimum Gasteiger partial charge on any atom is -0.340 e. The zero-order chi connectivity index (χ0) is 18.1.